The summed E-state index contributed by atoms with van der Waals surface area (Å²) >= 11 is 1.96. The van der Waals surface area contributed by atoms with Crippen molar-refractivity contribution >= 4 is 17.7 Å². The van der Waals surface area contributed by atoms with Gasteiger partial charge in [0.15, 0.2) is 0 Å². The standard InChI is InChI=1S/C20H35N3OS/c24-19(23-20-22-17-3-1-2-4-18(17)25-20)13-14-5-7-15(8-6-14)16-9-11-21-12-10-16/h14-18,20-22H,1-13H2,(H,23,24). The molecule has 0 spiro atoms. The molecule has 0 aromatic rings. The first-order valence-electron chi connectivity index (χ1n) is 10.7. The van der Waals surface area contributed by atoms with Crippen molar-refractivity contribution in [3.05, 3.63) is 0 Å². The van der Waals surface area contributed by atoms with E-state index in [1.54, 1.807) is 0 Å². The summed E-state index contributed by atoms with van der Waals surface area (Å²) in [6.45, 7) is 2.42. The predicted octanol–water partition coefficient (Wildman–Crippen LogP) is 3.23. The summed E-state index contributed by atoms with van der Waals surface area (Å²) in [4.78, 5) is 12.5. The van der Waals surface area contributed by atoms with E-state index in [1.807, 2.05) is 11.8 Å². The molecule has 3 atom stereocenters. The Morgan fingerprint density at radius 2 is 1.64 bits per heavy atom. The van der Waals surface area contributed by atoms with E-state index >= 15 is 0 Å². The molecule has 25 heavy (non-hydrogen) atoms. The van der Waals surface area contributed by atoms with E-state index in [9.17, 15) is 4.79 Å². The molecular formula is C20H35N3OS. The highest BCUT2D eigenvalue weighted by atomic mass is 32.2. The Bertz CT molecular complexity index is 432. The molecular weight excluding hydrogens is 330 g/mol. The second-order valence-corrected chi connectivity index (χ2v) is 10.1. The minimum absolute atomic E-state index is 0.159. The Morgan fingerprint density at radius 1 is 0.920 bits per heavy atom. The highest BCUT2D eigenvalue weighted by molar-refractivity contribution is 8.00. The minimum Gasteiger partial charge on any atom is -0.332 e. The molecule has 2 aliphatic heterocycles. The van der Waals surface area contributed by atoms with E-state index in [4.69, 9.17) is 0 Å². The van der Waals surface area contributed by atoms with Crippen LogP contribution in [-0.4, -0.2) is 35.8 Å². The van der Waals surface area contributed by atoms with Gasteiger partial charge < -0.3 is 10.6 Å². The van der Waals surface area contributed by atoms with Crippen LogP contribution in [0.25, 0.3) is 0 Å². The van der Waals surface area contributed by atoms with Crippen LogP contribution in [0.5, 0.6) is 0 Å². The van der Waals surface area contributed by atoms with E-state index < -0.39 is 0 Å². The van der Waals surface area contributed by atoms with Gasteiger partial charge in [0.1, 0.15) is 5.50 Å². The smallest absolute Gasteiger partial charge is 0.222 e. The van der Waals surface area contributed by atoms with Gasteiger partial charge in [0.2, 0.25) is 5.91 Å². The molecule has 1 amide bonds. The molecule has 3 unspecified atom stereocenters. The highest BCUT2D eigenvalue weighted by Gasteiger charge is 2.36. The van der Waals surface area contributed by atoms with Crippen LogP contribution in [-0.2, 0) is 4.79 Å². The van der Waals surface area contributed by atoms with Gasteiger partial charge in [-0.25, -0.2) is 0 Å². The maximum Gasteiger partial charge on any atom is 0.222 e. The molecule has 4 rings (SSSR count). The number of hydrogen-bond acceptors (Lipinski definition) is 4. The van der Waals surface area contributed by atoms with Crippen LogP contribution in [0.1, 0.15) is 70.6 Å². The first kappa shape index (κ1) is 18.1. The molecule has 142 valence electrons. The van der Waals surface area contributed by atoms with Crippen molar-refractivity contribution in [2.75, 3.05) is 13.1 Å². The fraction of sp³-hybridized carbons (Fsp3) is 0.950. The molecule has 2 saturated heterocycles. The number of nitrogens with one attached hydrogen (secondary N) is 3. The van der Waals surface area contributed by atoms with Crippen LogP contribution in [0.2, 0.25) is 0 Å². The Morgan fingerprint density at radius 3 is 2.40 bits per heavy atom. The molecule has 2 heterocycles. The number of amides is 1. The lowest BCUT2D eigenvalue weighted by molar-refractivity contribution is -0.122. The number of thioether (sulfide) groups is 1. The number of rotatable bonds is 4. The van der Waals surface area contributed by atoms with Gasteiger partial charge in [0.25, 0.3) is 0 Å². The van der Waals surface area contributed by atoms with Crippen molar-refractivity contribution in [3.8, 4) is 0 Å². The summed E-state index contributed by atoms with van der Waals surface area (Å²) in [5.41, 5.74) is 0.159. The molecule has 0 radical (unpaired) electrons. The Hall–Kier alpha value is -0.260. The summed E-state index contributed by atoms with van der Waals surface area (Å²) in [6.07, 6.45) is 14.0. The molecule has 5 heteroatoms. The van der Waals surface area contributed by atoms with Crippen LogP contribution in [0.15, 0.2) is 0 Å². The van der Waals surface area contributed by atoms with Crippen molar-refractivity contribution in [1.82, 2.24) is 16.0 Å². The van der Waals surface area contributed by atoms with Gasteiger partial charge in [0.05, 0.1) is 0 Å². The number of carbonyl (C=O) groups excluding carboxylic acids is 1. The molecule has 4 nitrogen and oxygen atoms in total. The molecule has 4 aliphatic rings. The lowest BCUT2D eigenvalue weighted by Gasteiger charge is -2.36. The molecule has 4 fully saturated rings. The van der Waals surface area contributed by atoms with Gasteiger partial charge in [-0.3, -0.25) is 10.1 Å². The summed E-state index contributed by atoms with van der Waals surface area (Å²) in [7, 11) is 0. The van der Waals surface area contributed by atoms with Crippen LogP contribution in [0, 0.1) is 17.8 Å². The predicted molar refractivity (Wildman–Crippen MR) is 104 cm³/mol. The van der Waals surface area contributed by atoms with Crippen molar-refractivity contribution in [2.45, 2.75) is 87.4 Å². The Balaban J connectivity index is 1.16. The van der Waals surface area contributed by atoms with Crippen LogP contribution < -0.4 is 16.0 Å². The third-order valence-corrected chi connectivity index (χ3v) is 8.53. The van der Waals surface area contributed by atoms with E-state index in [2.05, 4.69) is 16.0 Å². The summed E-state index contributed by atoms with van der Waals surface area (Å²) in [5, 5.41) is 11.1. The highest BCUT2D eigenvalue weighted by Crippen LogP contribution is 2.38. The SMILES string of the molecule is O=C(CC1CCC(C2CCNCC2)CC1)NC1NC2CCCCC2S1. The largest absolute Gasteiger partial charge is 0.332 e. The average molecular weight is 366 g/mol. The maximum atomic E-state index is 12.5. The van der Waals surface area contributed by atoms with Gasteiger partial charge in [-0.15, -0.1) is 11.8 Å². The zero-order valence-electron chi connectivity index (χ0n) is 15.5. The second-order valence-electron chi connectivity index (χ2n) is 8.75. The summed E-state index contributed by atoms with van der Waals surface area (Å²) in [5.74, 6) is 2.76. The number of carbonyl (C=O) groups is 1. The monoisotopic (exact) mass is 365 g/mol. The van der Waals surface area contributed by atoms with Gasteiger partial charge >= 0.3 is 0 Å². The fourth-order valence-electron chi connectivity index (χ4n) is 5.58. The molecule has 0 aromatic carbocycles. The fourth-order valence-corrected chi connectivity index (χ4v) is 7.09. The molecule has 2 aliphatic carbocycles. The molecule has 2 saturated carbocycles. The first-order chi connectivity index (χ1) is 12.3. The summed E-state index contributed by atoms with van der Waals surface area (Å²) < 4.78 is 0. The topological polar surface area (TPSA) is 53.2 Å². The Kier molecular flexibility index (Phi) is 6.25. The van der Waals surface area contributed by atoms with E-state index in [-0.39, 0.29) is 11.4 Å². The van der Waals surface area contributed by atoms with Crippen molar-refractivity contribution in [1.29, 1.82) is 0 Å². The van der Waals surface area contributed by atoms with E-state index in [0.717, 1.165) is 23.5 Å². The number of fused-ring (bicyclic) bond motifs is 1. The number of piperidine rings is 1. The minimum atomic E-state index is 0.159. The quantitative estimate of drug-likeness (QED) is 0.716. The summed E-state index contributed by atoms with van der Waals surface area (Å²) in [6, 6.07) is 0.629. The zero-order valence-corrected chi connectivity index (χ0v) is 16.3. The molecule has 0 bridgehead atoms. The third-order valence-electron chi connectivity index (χ3n) is 7.09. The molecule has 3 N–H and O–H groups in total. The van der Waals surface area contributed by atoms with Crippen molar-refractivity contribution in [2.24, 2.45) is 17.8 Å². The Labute approximate surface area is 157 Å². The van der Waals surface area contributed by atoms with E-state index in [0.29, 0.717) is 12.0 Å². The van der Waals surface area contributed by atoms with Crippen LogP contribution in [0.3, 0.4) is 0 Å². The van der Waals surface area contributed by atoms with E-state index in [1.165, 1.54) is 77.3 Å². The third kappa shape index (κ3) is 4.72. The van der Waals surface area contributed by atoms with Crippen molar-refractivity contribution < 1.29 is 4.79 Å². The number of hydrogen-bond donors (Lipinski definition) is 3. The lowest BCUT2D eigenvalue weighted by atomic mass is 9.72. The lowest BCUT2D eigenvalue weighted by Crippen LogP contribution is -2.44. The maximum absolute atomic E-state index is 12.5. The van der Waals surface area contributed by atoms with Crippen molar-refractivity contribution in [3.63, 3.8) is 0 Å². The van der Waals surface area contributed by atoms with Crippen LogP contribution in [0.4, 0.5) is 0 Å². The molecule has 0 aromatic heterocycles. The first-order valence-corrected chi connectivity index (χ1v) is 11.6. The van der Waals surface area contributed by atoms with Gasteiger partial charge in [-0.05, 0) is 82.2 Å². The van der Waals surface area contributed by atoms with Gasteiger partial charge in [-0.1, -0.05) is 12.8 Å². The van der Waals surface area contributed by atoms with Gasteiger partial charge in [-0.2, -0.15) is 0 Å². The second kappa shape index (κ2) is 8.62. The average Bonchev–Trinajstić information content (AvgIpc) is 3.05. The van der Waals surface area contributed by atoms with Crippen LogP contribution >= 0.6 is 11.8 Å². The van der Waals surface area contributed by atoms with Gasteiger partial charge in [0, 0.05) is 17.7 Å². The zero-order chi connectivity index (χ0) is 17.1. The normalized spacial score (nSPS) is 39.8.